The van der Waals surface area contributed by atoms with Crippen LogP contribution in [-0.2, 0) is 0 Å². The lowest BCUT2D eigenvalue weighted by atomic mass is 9.95. The molecule has 0 atom stereocenters. The first-order chi connectivity index (χ1) is 24.8. The highest BCUT2D eigenvalue weighted by atomic mass is 16.3. The zero-order chi connectivity index (χ0) is 33.0. The lowest BCUT2D eigenvalue weighted by Crippen LogP contribution is -2.00. The van der Waals surface area contributed by atoms with E-state index in [1.807, 2.05) is 78.9 Å². The molecule has 0 aliphatic carbocycles. The summed E-state index contributed by atoms with van der Waals surface area (Å²) in [7, 11) is 0. The van der Waals surface area contributed by atoms with Crippen LogP contribution in [0.4, 0.5) is 0 Å². The van der Waals surface area contributed by atoms with Gasteiger partial charge in [-0.05, 0) is 52.6 Å². The summed E-state index contributed by atoms with van der Waals surface area (Å²) >= 11 is 0. The van der Waals surface area contributed by atoms with Crippen molar-refractivity contribution in [2.45, 2.75) is 0 Å². The molecule has 7 aromatic carbocycles. The van der Waals surface area contributed by atoms with Crippen LogP contribution >= 0.6 is 0 Å². The average molecular weight is 642 g/mol. The SMILES string of the molecule is c1ccc(-c2ccc(-c3cc(-c4nc(-c5ccccc5)nc(-c5cccc6oc7ccccc7c56)n4)cc4oc5ccccc5c34)cc2)cc1. The highest BCUT2D eigenvalue weighted by molar-refractivity contribution is 6.14. The van der Waals surface area contributed by atoms with Gasteiger partial charge in [0.2, 0.25) is 0 Å². The monoisotopic (exact) mass is 641 g/mol. The summed E-state index contributed by atoms with van der Waals surface area (Å²) in [5.41, 5.74) is 10.3. The Morgan fingerprint density at radius 3 is 1.50 bits per heavy atom. The Morgan fingerprint density at radius 1 is 0.300 bits per heavy atom. The van der Waals surface area contributed by atoms with Crippen LogP contribution in [0.5, 0.6) is 0 Å². The molecule has 0 spiro atoms. The zero-order valence-corrected chi connectivity index (χ0v) is 26.7. The Hall–Kier alpha value is -6.85. The van der Waals surface area contributed by atoms with Crippen molar-refractivity contribution < 1.29 is 8.83 Å². The van der Waals surface area contributed by atoms with Gasteiger partial charge in [-0.15, -0.1) is 0 Å². The molecule has 0 saturated carbocycles. The van der Waals surface area contributed by atoms with Crippen molar-refractivity contribution in [3.8, 4) is 56.4 Å². The van der Waals surface area contributed by atoms with Gasteiger partial charge in [-0.25, -0.2) is 15.0 Å². The Balaban J connectivity index is 1.22. The summed E-state index contributed by atoms with van der Waals surface area (Å²) in [6, 6.07) is 55.7. The molecule has 0 unspecified atom stereocenters. The van der Waals surface area contributed by atoms with Gasteiger partial charge in [0.05, 0.1) is 0 Å². The first kappa shape index (κ1) is 28.2. The predicted molar refractivity (Wildman–Crippen MR) is 202 cm³/mol. The van der Waals surface area contributed by atoms with Crippen LogP contribution in [0.3, 0.4) is 0 Å². The minimum absolute atomic E-state index is 0.558. The molecule has 10 rings (SSSR count). The van der Waals surface area contributed by atoms with E-state index in [4.69, 9.17) is 23.8 Å². The molecule has 0 aliphatic heterocycles. The zero-order valence-electron chi connectivity index (χ0n) is 26.7. The summed E-state index contributed by atoms with van der Waals surface area (Å²) < 4.78 is 12.8. The summed E-state index contributed by atoms with van der Waals surface area (Å²) in [4.78, 5) is 15.3. The fourth-order valence-electron chi connectivity index (χ4n) is 6.99. The minimum atomic E-state index is 0.558. The Bertz CT molecular complexity index is 2850. The van der Waals surface area contributed by atoms with E-state index in [9.17, 15) is 0 Å². The fourth-order valence-corrected chi connectivity index (χ4v) is 6.99. The van der Waals surface area contributed by atoms with E-state index < -0.39 is 0 Å². The van der Waals surface area contributed by atoms with Gasteiger partial charge < -0.3 is 8.83 Å². The maximum Gasteiger partial charge on any atom is 0.164 e. The van der Waals surface area contributed by atoms with Crippen molar-refractivity contribution in [1.29, 1.82) is 0 Å². The van der Waals surface area contributed by atoms with Gasteiger partial charge in [0.25, 0.3) is 0 Å². The van der Waals surface area contributed by atoms with Crippen LogP contribution < -0.4 is 0 Å². The van der Waals surface area contributed by atoms with Crippen molar-refractivity contribution >= 4 is 43.9 Å². The standard InChI is InChI=1S/C45H27N3O2/c1-3-12-28(13-4-1)29-22-24-30(25-23-29)36-26-32(27-40-42(36)34-17-8-10-20-38(34)50-40)44-46-43(31-14-5-2-6-15-31)47-45(48-44)35-18-11-21-39-41(35)33-16-7-9-19-37(33)49-39/h1-27H. The quantitative estimate of drug-likeness (QED) is 0.187. The number of rotatable bonds is 5. The van der Waals surface area contributed by atoms with Gasteiger partial charge in [0, 0.05) is 38.2 Å². The van der Waals surface area contributed by atoms with E-state index in [1.165, 1.54) is 5.56 Å². The highest BCUT2D eigenvalue weighted by Crippen LogP contribution is 2.41. The maximum absolute atomic E-state index is 6.51. The van der Waals surface area contributed by atoms with Gasteiger partial charge >= 0.3 is 0 Å². The van der Waals surface area contributed by atoms with E-state index in [2.05, 4.69) is 84.9 Å². The normalized spacial score (nSPS) is 11.6. The second kappa shape index (κ2) is 11.4. The number of hydrogen-bond acceptors (Lipinski definition) is 5. The number of fused-ring (bicyclic) bond motifs is 6. The molecule has 50 heavy (non-hydrogen) atoms. The van der Waals surface area contributed by atoms with Crippen molar-refractivity contribution in [3.05, 3.63) is 164 Å². The third kappa shape index (κ3) is 4.67. The number of para-hydroxylation sites is 2. The number of aromatic nitrogens is 3. The third-order valence-corrected chi connectivity index (χ3v) is 9.35. The molecule has 10 aromatic rings. The molecule has 0 aliphatic rings. The molecular formula is C45H27N3O2. The number of hydrogen-bond donors (Lipinski definition) is 0. The van der Waals surface area contributed by atoms with Crippen molar-refractivity contribution in [1.82, 2.24) is 15.0 Å². The van der Waals surface area contributed by atoms with Gasteiger partial charge in [-0.1, -0.05) is 133 Å². The molecule has 0 bridgehead atoms. The summed E-state index contributed by atoms with van der Waals surface area (Å²) in [6.45, 7) is 0. The van der Waals surface area contributed by atoms with Crippen LogP contribution in [0, 0.1) is 0 Å². The van der Waals surface area contributed by atoms with Crippen molar-refractivity contribution in [3.63, 3.8) is 0 Å². The van der Waals surface area contributed by atoms with E-state index in [-0.39, 0.29) is 0 Å². The summed E-state index contributed by atoms with van der Waals surface area (Å²) in [5.74, 6) is 1.72. The molecular weight excluding hydrogens is 615 g/mol. The van der Waals surface area contributed by atoms with Crippen LogP contribution in [0.15, 0.2) is 173 Å². The van der Waals surface area contributed by atoms with E-state index in [0.29, 0.717) is 17.5 Å². The minimum Gasteiger partial charge on any atom is -0.456 e. The molecule has 5 nitrogen and oxygen atoms in total. The third-order valence-electron chi connectivity index (χ3n) is 9.35. The van der Waals surface area contributed by atoms with Crippen molar-refractivity contribution in [2.24, 2.45) is 0 Å². The number of benzene rings is 7. The van der Waals surface area contributed by atoms with Gasteiger partial charge in [-0.2, -0.15) is 0 Å². The number of nitrogens with zero attached hydrogens (tertiary/aromatic N) is 3. The number of furan rings is 2. The summed E-state index contributed by atoms with van der Waals surface area (Å²) in [5, 5.41) is 4.12. The van der Waals surface area contributed by atoms with Crippen LogP contribution in [0.2, 0.25) is 0 Å². The Kier molecular flexibility index (Phi) is 6.42. The van der Waals surface area contributed by atoms with Gasteiger partial charge in [0.15, 0.2) is 17.5 Å². The van der Waals surface area contributed by atoms with Gasteiger partial charge in [-0.3, -0.25) is 0 Å². The molecule has 0 fully saturated rings. The fraction of sp³-hybridized carbons (Fsp3) is 0. The average Bonchev–Trinajstić information content (AvgIpc) is 3.77. The topological polar surface area (TPSA) is 65.0 Å². The first-order valence-electron chi connectivity index (χ1n) is 16.6. The van der Waals surface area contributed by atoms with Crippen LogP contribution in [0.25, 0.3) is 100 Å². The molecule has 0 radical (unpaired) electrons. The molecule has 0 amide bonds. The molecule has 5 heteroatoms. The highest BCUT2D eigenvalue weighted by Gasteiger charge is 2.20. The van der Waals surface area contributed by atoms with E-state index >= 15 is 0 Å². The molecule has 0 N–H and O–H groups in total. The Labute approximate surface area is 287 Å². The predicted octanol–water partition coefficient (Wildman–Crippen LogP) is 12.0. The van der Waals surface area contributed by atoms with E-state index in [0.717, 1.165) is 77.3 Å². The van der Waals surface area contributed by atoms with Crippen molar-refractivity contribution in [2.75, 3.05) is 0 Å². The van der Waals surface area contributed by atoms with Gasteiger partial charge in [0.1, 0.15) is 22.3 Å². The largest absolute Gasteiger partial charge is 0.456 e. The molecule has 3 aromatic heterocycles. The first-order valence-corrected chi connectivity index (χ1v) is 16.6. The molecule has 0 saturated heterocycles. The van der Waals surface area contributed by atoms with E-state index in [1.54, 1.807) is 0 Å². The molecule has 234 valence electrons. The second-order valence-corrected chi connectivity index (χ2v) is 12.4. The second-order valence-electron chi connectivity index (χ2n) is 12.4. The lowest BCUT2D eigenvalue weighted by Gasteiger charge is -2.12. The smallest absolute Gasteiger partial charge is 0.164 e. The Morgan fingerprint density at radius 2 is 0.800 bits per heavy atom. The lowest BCUT2D eigenvalue weighted by molar-refractivity contribution is 0.668. The molecule has 3 heterocycles. The summed E-state index contributed by atoms with van der Waals surface area (Å²) in [6.07, 6.45) is 0. The maximum atomic E-state index is 6.51. The van der Waals surface area contributed by atoms with Crippen LogP contribution in [0.1, 0.15) is 0 Å². The van der Waals surface area contributed by atoms with Crippen LogP contribution in [-0.4, -0.2) is 15.0 Å².